The van der Waals surface area contributed by atoms with E-state index in [2.05, 4.69) is 0 Å². The highest BCUT2D eigenvalue weighted by atomic mass is 35.5. The smallest absolute Gasteiger partial charge is 0.300 e. The Morgan fingerprint density at radius 1 is 0.962 bits per heavy atom. The van der Waals surface area contributed by atoms with E-state index in [1.54, 1.807) is 28.2 Å². The van der Waals surface area contributed by atoms with E-state index < -0.39 is 0 Å². The second kappa shape index (κ2) is 6.61. The molecule has 0 N–H and O–H groups in total. The molecule has 0 saturated carbocycles. The van der Waals surface area contributed by atoms with E-state index in [-0.39, 0.29) is 17.4 Å². The summed E-state index contributed by atoms with van der Waals surface area (Å²) in [5, 5.41) is 0.625. The van der Waals surface area contributed by atoms with Gasteiger partial charge < -0.3 is 0 Å². The van der Waals surface area contributed by atoms with E-state index in [9.17, 15) is 9.59 Å². The van der Waals surface area contributed by atoms with Gasteiger partial charge in [-0.1, -0.05) is 29.8 Å². The van der Waals surface area contributed by atoms with Crippen LogP contribution >= 0.6 is 11.6 Å². The molecule has 0 saturated heterocycles. The molecule has 2 aromatic carbocycles. The Hall–Kier alpha value is -2.59. The number of imidazole rings is 1. The monoisotopic (exact) mass is 366 g/mol. The first-order chi connectivity index (χ1) is 12.6. The first-order valence-corrected chi connectivity index (χ1v) is 9.11. The lowest BCUT2D eigenvalue weighted by molar-refractivity contribution is -0.121. The van der Waals surface area contributed by atoms with Gasteiger partial charge in [-0.15, -0.1) is 0 Å². The molecule has 132 valence electrons. The predicted octanol–water partition coefficient (Wildman–Crippen LogP) is 3.98. The van der Waals surface area contributed by atoms with Crippen LogP contribution in [0.4, 0.5) is 0 Å². The minimum absolute atomic E-state index is 0.0351. The number of para-hydroxylation sites is 1. The number of halogens is 1. The first-order valence-electron chi connectivity index (χ1n) is 8.73. The standard InChI is InChI=1S/C21H19ClN2O2/c1-14(25)15-7-12-19-20(13-15)24(18-10-8-16(22)9-11-18)21(26)23(19)17-5-3-2-4-6-17/h2-6,8-11,15H,7,12-13H2,1H3. The van der Waals surface area contributed by atoms with Gasteiger partial charge in [-0.3, -0.25) is 13.9 Å². The molecule has 0 radical (unpaired) electrons. The van der Waals surface area contributed by atoms with Crippen molar-refractivity contribution in [3.05, 3.63) is 81.5 Å². The Morgan fingerprint density at radius 2 is 1.58 bits per heavy atom. The molecule has 4 nitrogen and oxygen atoms in total. The summed E-state index contributed by atoms with van der Waals surface area (Å²) in [6, 6.07) is 16.9. The SMILES string of the molecule is CC(=O)C1CCc2c(n(-c3ccc(Cl)cc3)c(=O)n2-c2ccccc2)C1. The maximum atomic E-state index is 13.3. The van der Waals surface area contributed by atoms with Gasteiger partial charge in [0.2, 0.25) is 0 Å². The number of Topliss-reactive ketones (excluding diaryl/α,β-unsaturated/α-hetero) is 1. The van der Waals surface area contributed by atoms with Crippen molar-refractivity contribution in [2.75, 3.05) is 0 Å². The summed E-state index contributed by atoms with van der Waals surface area (Å²) >= 11 is 6.01. The maximum Gasteiger partial charge on any atom is 0.337 e. The van der Waals surface area contributed by atoms with Crippen LogP contribution in [0.25, 0.3) is 11.4 Å². The summed E-state index contributed by atoms with van der Waals surface area (Å²) in [7, 11) is 0. The third kappa shape index (κ3) is 2.80. The summed E-state index contributed by atoms with van der Waals surface area (Å²) in [6.07, 6.45) is 2.08. The number of hydrogen-bond donors (Lipinski definition) is 0. The minimum Gasteiger partial charge on any atom is -0.300 e. The molecular formula is C21H19ClN2O2. The highest BCUT2D eigenvalue weighted by molar-refractivity contribution is 6.30. The number of benzene rings is 2. The second-order valence-electron chi connectivity index (χ2n) is 6.71. The van der Waals surface area contributed by atoms with Gasteiger partial charge in [-0.25, -0.2) is 4.79 Å². The summed E-state index contributed by atoms with van der Waals surface area (Å²) < 4.78 is 3.51. The molecule has 1 heterocycles. The Bertz CT molecular complexity index is 1020. The van der Waals surface area contributed by atoms with E-state index in [1.807, 2.05) is 42.5 Å². The third-order valence-corrected chi connectivity index (χ3v) is 5.35. The van der Waals surface area contributed by atoms with Crippen molar-refractivity contribution in [2.24, 2.45) is 5.92 Å². The fourth-order valence-electron chi connectivity index (χ4n) is 3.75. The number of aromatic nitrogens is 2. The summed E-state index contributed by atoms with van der Waals surface area (Å²) in [5.41, 5.74) is 3.44. The molecule has 0 bridgehead atoms. The quantitative estimate of drug-likeness (QED) is 0.703. The Balaban J connectivity index is 1.96. The molecule has 1 aliphatic carbocycles. The number of carbonyl (C=O) groups excluding carboxylic acids is 1. The number of fused-ring (bicyclic) bond motifs is 1. The summed E-state index contributed by atoms with van der Waals surface area (Å²) in [5.74, 6) is 0.144. The van der Waals surface area contributed by atoms with Gasteiger partial charge >= 0.3 is 5.69 Å². The second-order valence-corrected chi connectivity index (χ2v) is 7.15. The van der Waals surface area contributed by atoms with E-state index in [4.69, 9.17) is 11.6 Å². The highest BCUT2D eigenvalue weighted by Crippen LogP contribution is 2.29. The lowest BCUT2D eigenvalue weighted by Crippen LogP contribution is -2.24. The molecule has 26 heavy (non-hydrogen) atoms. The average Bonchev–Trinajstić information content (AvgIpc) is 2.94. The molecule has 0 spiro atoms. The molecule has 1 atom stereocenters. The zero-order valence-electron chi connectivity index (χ0n) is 14.5. The van der Waals surface area contributed by atoms with Gasteiger partial charge in [0.25, 0.3) is 0 Å². The van der Waals surface area contributed by atoms with E-state index in [1.165, 1.54) is 0 Å². The molecule has 0 amide bonds. The van der Waals surface area contributed by atoms with Crippen molar-refractivity contribution in [2.45, 2.75) is 26.2 Å². The summed E-state index contributed by atoms with van der Waals surface area (Å²) in [4.78, 5) is 25.3. The fraction of sp³-hybridized carbons (Fsp3) is 0.238. The van der Waals surface area contributed by atoms with Crippen LogP contribution in [0.1, 0.15) is 24.7 Å². The zero-order chi connectivity index (χ0) is 18.3. The van der Waals surface area contributed by atoms with Crippen molar-refractivity contribution in [1.29, 1.82) is 0 Å². The van der Waals surface area contributed by atoms with Crippen LogP contribution in [0, 0.1) is 5.92 Å². The van der Waals surface area contributed by atoms with Gasteiger partial charge in [0, 0.05) is 22.3 Å². The number of nitrogens with zero attached hydrogens (tertiary/aromatic N) is 2. The van der Waals surface area contributed by atoms with E-state index >= 15 is 0 Å². The first kappa shape index (κ1) is 16.9. The minimum atomic E-state index is -0.104. The molecule has 3 aromatic rings. The van der Waals surface area contributed by atoms with Crippen LogP contribution in [0.2, 0.25) is 5.02 Å². The maximum absolute atomic E-state index is 13.3. The van der Waals surface area contributed by atoms with Gasteiger partial charge in [-0.2, -0.15) is 0 Å². The number of carbonyl (C=O) groups is 1. The average molecular weight is 367 g/mol. The molecule has 5 heteroatoms. The Kier molecular flexibility index (Phi) is 4.29. The number of ketones is 1. The van der Waals surface area contributed by atoms with Gasteiger partial charge in [-0.05, 0) is 62.6 Å². The van der Waals surface area contributed by atoms with Crippen molar-refractivity contribution in [3.8, 4) is 11.4 Å². The largest absolute Gasteiger partial charge is 0.337 e. The fourth-order valence-corrected chi connectivity index (χ4v) is 3.87. The van der Waals surface area contributed by atoms with Crippen molar-refractivity contribution < 1.29 is 4.79 Å². The van der Waals surface area contributed by atoms with Crippen LogP contribution < -0.4 is 5.69 Å². The lowest BCUT2D eigenvalue weighted by atomic mass is 9.87. The molecule has 1 aromatic heterocycles. The van der Waals surface area contributed by atoms with Crippen molar-refractivity contribution in [1.82, 2.24) is 9.13 Å². The van der Waals surface area contributed by atoms with Crippen LogP contribution in [0.15, 0.2) is 59.4 Å². The molecule has 1 aliphatic rings. The van der Waals surface area contributed by atoms with Crippen LogP contribution in [0.3, 0.4) is 0 Å². The highest BCUT2D eigenvalue weighted by Gasteiger charge is 2.30. The normalized spacial score (nSPS) is 16.3. The van der Waals surface area contributed by atoms with Gasteiger partial charge in [0.15, 0.2) is 0 Å². The third-order valence-electron chi connectivity index (χ3n) is 5.10. The number of hydrogen-bond acceptors (Lipinski definition) is 2. The van der Waals surface area contributed by atoms with E-state index in [0.29, 0.717) is 17.9 Å². The molecule has 0 aliphatic heterocycles. The number of rotatable bonds is 3. The van der Waals surface area contributed by atoms with Crippen LogP contribution in [-0.4, -0.2) is 14.9 Å². The molecular weight excluding hydrogens is 348 g/mol. The summed E-state index contributed by atoms with van der Waals surface area (Å²) in [6.45, 7) is 1.63. The van der Waals surface area contributed by atoms with Gasteiger partial charge in [0.1, 0.15) is 5.78 Å². The molecule has 1 unspecified atom stereocenters. The zero-order valence-corrected chi connectivity index (χ0v) is 15.2. The van der Waals surface area contributed by atoms with Crippen molar-refractivity contribution in [3.63, 3.8) is 0 Å². The van der Waals surface area contributed by atoms with Crippen LogP contribution in [-0.2, 0) is 17.6 Å². The lowest BCUT2D eigenvalue weighted by Gasteiger charge is -2.22. The topological polar surface area (TPSA) is 44.0 Å². The van der Waals surface area contributed by atoms with Crippen molar-refractivity contribution >= 4 is 17.4 Å². The molecule has 0 fully saturated rings. The van der Waals surface area contributed by atoms with Gasteiger partial charge in [0.05, 0.1) is 11.4 Å². The van der Waals surface area contributed by atoms with Crippen LogP contribution in [0.5, 0.6) is 0 Å². The predicted molar refractivity (Wildman–Crippen MR) is 103 cm³/mol. The van der Waals surface area contributed by atoms with E-state index in [0.717, 1.165) is 29.2 Å². The molecule has 4 rings (SSSR count). The Labute approximate surface area is 156 Å². The Morgan fingerprint density at radius 3 is 2.23 bits per heavy atom.